The van der Waals surface area contributed by atoms with Gasteiger partial charge in [0.2, 0.25) is 5.91 Å². The van der Waals surface area contributed by atoms with Gasteiger partial charge in [0.05, 0.1) is 0 Å². The zero-order valence-electron chi connectivity index (χ0n) is 16.3. The molecule has 2 heterocycles. The number of aromatic nitrogens is 3. The van der Waals surface area contributed by atoms with Crippen LogP contribution in [-0.4, -0.2) is 26.5 Å². The van der Waals surface area contributed by atoms with Crippen LogP contribution in [0, 0.1) is 0 Å². The summed E-state index contributed by atoms with van der Waals surface area (Å²) >= 11 is 1.67. The molecule has 0 radical (unpaired) electrons. The quantitative estimate of drug-likeness (QED) is 0.651. The maximum Gasteiger partial charge on any atom is 0.244 e. The summed E-state index contributed by atoms with van der Waals surface area (Å²) in [6.45, 7) is 6.40. The van der Waals surface area contributed by atoms with E-state index < -0.39 is 0 Å². The Kier molecular flexibility index (Phi) is 4.98. The molecule has 3 aromatic rings. The van der Waals surface area contributed by atoms with E-state index in [1.165, 1.54) is 0 Å². The fraction of sp³-hybridized carbons (Fsp3) is 0.318. The lowest BCUT2D eigenvalue weighted by atomic mass is 9.96. The molecule has 0 spiro atoms. The van der Waals surface area contributed by atoms with E-state index in [1.54, 1.807) is 17.8 Å². The Hall–Kier alpha value is -2.60. The lowest BCUT2D eigenvalue weighted by Gasteiger charge is -2.16. The van der Waals surface area contributed by atoms with Crippen molar-refractivity contribution < 1.29 is 4.79 Å². The topological polar surface area (TPSA) is 59.3 Å². The van der Waals surface area contributed by atoms with Gasteiger partial charge in [0.1, 0.15) is 5.82 Å². The Morgan fingerprint density at radius 2 is 1.96 bits per heavy atom. The van der Waals surface area contributed by atoms with Crippen LogP contribution in [0.4, 0.5) is 0 Å². The zero-order chi connectivity index (χ0) is 19.7. The normalized spacial score (nSPS) is 14.7. The van der Waals surface area contributed by atoms with E-state index >= 15 is 0 Å². The summed E-state index contributed by atoms with van der Waals surface area (Å²) in [5, 5.41) is 11.6. The van der Waals surface area contributed by atoms with Gasteiger partial charge in [0.25, 0.3) is 0 Å². The summed E-state index contributed by atoms with van der Waals surface area (Å²) in [5.74, 6) is 0.915. The summed E-state index contributed by atoms with van der Waals surface area (Å²) in [6.07, 6.45) is 7.78. The molecule has 1 saturated carbocycles. The maximum atomic E-state index is 12.0. The van der Waals surface area contributed by atoms with Crippen molar-refractivity contribution in [2.24, 2.45) is 0 Å². The molecule has 1 aliphatic carbocycles. The van der Waals surface area contributed by atoms with Gasteiger partial charge >= 0.3 is 0 Å². The number of amides is 1. The Labute approximate surface area is 169 Å². The number of rotatable bonds is 5. The first kappa shape index (κ1) is 18.7. The van der Waals surface area contributed by atoms with E-state index in [9.17, 15) is 4.79 Å². The summed E-state index contributed by atoms with van der Waals surface area (Å²) in [7, 11) is 0. The van der Waals surface area contributed by atoms with Crippen LogP contribution in [-0.2, 0) is 10.2 Å². The number of nitrogens with zero attached hydrogens (tertiary/aromatic N) is 3. The van der Waals surface area contributed by atoms with Gasteiger partial charge in [-0.1, -0.05) is 50.7 Å². The number of benzene rings is 1. The van der Waals surface area contributed by atoms with E-state index in [1.807, 2.05) is 30.3 Å². The van der Waals surface area contributed by atoms with Gasteiger partial charge < -0.3 is 5.32 Å². The number of carbonyl (C=O) groups is 1. The van der Waals surface area contributed by atoms with Crippen molar-refractivity contribution in [1.82, 2.24) is 19.9 Å². The van der Waals surface area contributed by atoms with Crippen molar-refractivity contribution in [2.75, 3.05) is 0 Å². The second kappa shape index (κ2) is 7.43. The molecule has 0 bridgehead atoms. The molecule has 6 heteroatoms. The van der Waals surface area contributed by atoms with Crippen molar-refractivity contribution >= 4 is 29.4 Å². The maximum absolute atomic E-state index is 12.0. The van der Waals surface area contributed by atoms with Crippen LogP contribution in [0.25, 0.3) is 11.7 Å². The van der Waals surface area contributed by atoms with Crippen LogP contribution in [0.3, 0.4) is 0 Å². The number of fused-ring (bicyclic) bond motifs is 1. The monoisotopic (exact) mass is 392 g/mol. The van der Waals surface area contributed by atoms with Gasteiger partial charge in [-0.25, -0.2) is 0 Å². The van der Waals surface area contributed by atoms with E-state index in [0.29, 0.717) is 6.04 Å². The van der Waals surface area contributed by atoms with Crippen LogP contribution >= 0.6 is 11.8 Å². The van der Waals surface area contributed by atoms with E-state index in [0.717, 1.165) is 39.7 Å². The summed E-state index contributed by atoms with van der Waals surface area (Å²) < 4.78 is 2.06. The highest BCUT2D eigenvalue weighted by molar-refractivity contribution is 7.99. The number of nitrogens with one attached hydrogen (secondary N) is 1. The molecule has 144 valence electrons. The molecule has 0 unspecified atom stereocenters. The molecule has 0 aliphatic heterocycles. The van der Waals surface area contributed by atoms with Gasteiger partial charge in [-0.05, 0) is 42.7 Å². The second-order valence-corrected chi connectivity index (χ2v) is 9.24. The average Bonchev–Trinajstić information content (AvgIpc) is 3.35. The first-order valence-corrected chi connectivity index (χ1v) is 10.3. The molecule has 28 heavy (non-hydrogen) atoms. The van der Waals surface area contributed by atoms with E-state index in [4.69, 9.17) is 0 Å². The third-order valence-corrected chi connectivity index (χ3v) is 5.60. The largest absolute Gasteiger partial charge is 0.350 e. The molecule has 2 aromatic heterocycles. The summed E-state index contributed by atoms with van der Waals surface area (Å²) in [5.41, 5.74) is 1.79. The Morgan fingerprint density at radius 3 is 2.71 bits per heavy atom. The van der Waals surface area contributed by atoms with Crippen molar-refractivity contribution in [3.63, 3.8) is 0 Å². The Balaban J connectivity index is 1.59. The van der Waals surface area contributed by atoms with Crippen LogP contribution in [0.2, 0.25) is 0 Å². The molecular formula is C22H24N4OS. The van der Waals surface area contributed by atoms with Crippen molar-refractivity contribution in [3.8, 4) is 0 Å². The van der Waals surface area contributed by atoms with Crippen LogP contribution in [0.15, 0.2) is 58.5 Å². The van der Waals surface area contributed by atoms with Gasteiger partial charge in [0.15, 0.2) is 5.65 Å². The fourth-order valence-electron chi connectivity index (χ4n) is 2.92. The van der Waals surface area contributed by atoms with Crippen LogP contribution < -0.4 is 5.32 Å². The third kappa shape index (κ3) is 4.28. The van der Waals surface area contributed by atoms with E-state index in [2.05, 4.69) is 59.0 Å². The second-order valence-electron chi connectivity index (χ2n) is 8.12. The average molecular weight is 393 g/mol. The molecule has 1 amide bonds. The standard InChI is InChI=1S/C22H24N4OS/c1-22(2,3)21-25-24-19-12-11-17(14-26(19)21)28-18-7-5-4-6-15(18)8-13-20(27)23-16-9-10-16/h4-8,11-14,16H,9-10H2,1-3H3,(H,23,27). The predicted molar refractivity (Wildman–Crippen MR) is 112 cm³/mol. The molecule has 5 nitrogen and oxygen atoms in total. The number of carbonyl (C=O) groups excluding carboxylic acids is 1. The van der Waals surface area contributed by atoms with Crippen LogP contribution in [0.5, 0.6) is 0 Å². The number of hydrogen-bond donors (Lipinski definition) is 1. The SMILES string of the molecule is CC(C)(C)c1nnc2ccc(Sc3ccccc3C=CC(=O)NC3CC3)cn12. The smallest absolute Gasteiger partial charge is 0.244 e. The summed E-state index contributed by atoms with van der Waals surface area (Å²) in [4.78, 5) is 14.2. The van der Waals surface area contributed by atoms with Crippen molar-refractivity contribution in [2.45, 2.75) is 54.9 Å². The molecule has 1 fully saturated rings. The predicted octanol–water partition coefficient (Wildman–Crippen LogP) is 4.47. The molecule has 0 atom stereocenters. The molecule has 0 saturated heterocycles. The third-order valence-electron chi connectivity index (χ3n) is 4.53. The van der Waals surface area contributed by atoms with Gasteiger partial charge in [-0.2, -0.15) is 0 Å². The first-order valence-electron chi connectivity index (χ1n) is 9.51. The molecular weight excluding hydrogens is 368 g/mol. The van der Waals surface area contributed by atoms with Gasteiger partial charge in [-0.3, -0.25) is 9.20 Å². The van der Waals surface area contributed by atoms with Crippen molar-refractivity contribution in [1.29, 1.82) is 0 Å². The van der Waals surface area contributed by atoms with Gasteiger partial charge in [-0.15, -0.1) is 10.2 Å². The zero-order valence-corrected chi connectivity index (χ0v) is 17.2. The minimum absolute atomic E-state index is 0.0250. The Bertz CT molecular complexity index is 1040. The highest BCUT2D eigenvalue weighted by Gasteiger charge is 2.22. The molecule has 4 rings (SSSR count). The highest BCUT2D eigenvalue weighted by atomic mass is 32.2. The minimum Gasteiger partial charge on any atom is -0.350 e. The van der Waals surface area contributed by atoms with Gasteiger partial charge in [0, 0.05) is 33.5 Å². The van der Waals surface area contributed by atoms with Crippen molar-refractivity contribution in [3.05, 3.63) is 60.1 Å². The number of hydrogen-bond acceptors (Lipinski definition) is 4. The van der Waals surface area contributed by atoms with Crippen LogP contribution in [0.1, 0.15) is 45.0 Å². The first-order chi connectivity index (χ1) is 13.4. The molecule has 1 aromatic carbocycles. The molecule has 1 N–H and O–H groups in total. The molecule has 1 aliphatic rings. The number of pyridine rings is 1. The minimum atomic E-state index is -0.0850. The lowest BCUT2D eigenvalue weighted by Crippen LogP contribution is -2.22. The summed E-state index contributed by atoms with van der Waals surface area (Å²) in [6, 6.07) is 12.5. The Morgan fingerprint density at radius 1 is 1.18 bits per heavy atom. The lowest BCUT2D eigenvalue weighted by molar-refractivity contribution is -0.116. The van der Waals surface area contributed by atoms with E-state index in [-0.39, 0.29) is 11.3 Å². The highest BCUT2D eigenvalue weighted by Crippen LogP contribution is 2.32. The fourth-order valence-corrected chi connectivity index (χ4v) is 3.87.